The van der Waals surface area contributed by atoms with Crippen molar-refractivity contribution in [3.8, 4) is 5.69 Å². The van der Waals surface area contributed by atoms with Crippen molar-refractivity contribution >= 4 is 0 Å². The van der Waals surface area contributed by atoms with E-state index in [9.17, 15) is 0 Å². The monoisotopic (exact) mass is 283 g/mol. The zero-order valence-corrected chi connectivity index (χ0v) is 13.3. The smallest absolute Gasteiger partial charge is 0.0651 e. The highest BCUT2D eigenvalue weighted by Gasteiger charge is 2.30. The quantitative estimate of drug-likeness (QED) is 0.874. The molecule has 1 aromatic carbocycles. The van der Waals surface area contributed by atoms with Crippen LogP contribution in [0.25, 0.3) is 5.69 Å². The summed E-state index contributed by atoms with van der Waals surface area (Å²) in [6, 6.07) is 8.61. The van der Waals surface area contributed by atoms with Gasteiger partial charge in [-0.1, -0.05) is 26.0 Å². The Balaban J connectivity index is 1.86. The molecule has 3 heteroatoms. The Labute approximate surface area is 127 Å². The van der Waals surface area contributed by atoms with Crippen LogP contribution in [0.15, 0.2) is 30.5 Å². The first-order valence-electron chi connectivity index (χ1n) is 7.99. The number of hydrogen-bond donors (Lipinski definition) is 1. The van der Waals surface area contributed by atoms with Crippen LogP contribution in [0.4, 0.5) is 0 Å². The predicted octanol–water partition coefficient (Wildman–Crippen LogP) is 3.80. The topological polar surface area (TPSA) is 29.9 Å². The Kier molecular flexibility index (Phi) is 4.11. The summed E-state index contributed by atoms with van der Waals surface area (Å²) >= 11 is 0. The molecule has 1 saturated carbocycles. The van der Waals surface area contributed by atoms with Gasteiger partial charge in [0.25, 0.3) is 0 Å². The van der Waals surface area contributed by atoms with Crippen LogP contribution in [-0.4, -0.2) is 16.3 Å². The minimum absolute atomic E-state index is 0.682. The molecule has 0 saturated heterocycles. The third-order valence-electron chi connectivity index (χ3n) is 3.96. The number of nitrogens with one attached hydrogen (secondary N) is 1. The summed E-state index contributed by atoms with van der Waals surface area (Å²) in [5.74, 6) is 1.38. The van der Waals surface area contributed by atoms with Crippen LogP contribution in [0.3, 0.4) is 0 Å². The average molecular weight is 283 g/mol. The normalized spacial score (nSPS) is 14.9. The fourth-order valence-corrected chi connectivity index (χ4v) is 2.78. The molecule has 112 valence electrons. The number of aromatic nitrogens is 2. The summed E-state index contributed by atoms with van der Waals surface area (Å²) < 4.78 is 2.15. The number of hydrogen-bond acceptors (Lipinski definition) is 2. The summed E-state index contributed by atoms with van der Waals surface area (Å²) in [5, 5.41) is 8.21. The molecule has 1 fully saturated rings. The molecular weight excluding hydrogens is 258 g/mol. The van der Waals surface area contributed by atoms with Gasteiger partial charge in [-0.25, -0.2) is 4.68 Å². The van der Waals surface area contributed by atoms with E-state index in [2.05, 4.69) is 60.1 Å². The Hall–Kier alpha value is -1.61. The molecule has 0 amide bonds. The highest BCUT2D eigenvalue weighted by atomic mass is 15.3. The summed E-state index contributed by atoms with van der Waals surface area (Å²) in [6.45, 7) is 8.60. The van der Waals surface area contributed by atoms with E-state index in [1.54, 1.807) is 0 Å². The molecular formula is C18H25N3. The van der Waals surface area contributed by atoms with Gasteiger partial charge in [0.15, 0.2) is 0 Å². The van der Waals surface area contributed by atoms with Gasteiger partial charge in [0.2, 0.25) is 0 Å². The van der Waals surface area contributed by atoms with E-state index in [0.29, 0.717) is 11.8 Å². The molecule has 1 aliphatic rings. The molecule has 0 bridgehead atoms. The molecule has 3 rings (SSSR count). The summed E-state index contributed by atoms with van der Waals surface area (Å²) in [6.07, 6.45) is 4.65. The molecule has 1 heterocycles. The number of nitrogens with zero attached hydrogens (tertiary/aromatic N) is 2. The van der Waals surface area contributed by atoms with Gasteiger partial charge in [-0.15, -0.1) is 0 Å². The second kappa shape index (κ2) is 6.02. The Morgan fingerprint density at radius 3 is 2.81 bits per heavy atom. The lowest BCUT2D eigenvalue weighted by molar-refractivity contribution is 0.550. The van der Waals surface area contributed by atoms with E-state index in [4.69, 9.17) is 0 Å². The van der Waals surface area contributed by atoms with Crippen LogP contribution in [-0.2, 0) is 6.54 Å². The van der Waals surface area contributed by atoms with E-state index in [1.807, 2.05) is 6.20 Å². The molecule has 0 spiro atoms. The van der Waals surface area contributed by atoms with E-state index in [-0.39, 0.29) is 0 Å². The van der Waals surface area contributed by atoms with Gasteiger partial charge >= 0.3 is 0 Å². The molecule has 1 aliphatic carbocycles. The van der Waals surface area contributed by atoms with Crippen molar-refractivity contribution in [2.45, 2.75) is 46.1 Å². The first-order chi connectivity index (χ1) is 10.1. The first kappa shape index (κ1) is 14.3. The maximum atomic E-state index is 4.66. The van der Waals surface area contributed by atoms with Crippen molar-refractivity contribution in [1.82, 2.24) is 15.1 Å². The molecule has 0 aliphatic heterocycles. The lowest BCUT2D eigenvalue weighted by atomic mass is 10.1. The number of rotatable bonds is 6. The van der Waals surface area contributed by atoms with Gasteiger partial charge in [-0.3, -0.25) is 0 Å². The van der Waals surface area contributed by atoms with Crippen LogP contribution in [0.1, 0.15) is 49.4 Å². The molecule has 1 aromatic heterocycles. The number of aryl methyl sites for hydroxylation is 1. The summed E-state index contributed by atoms with van der Waals surface area (Å²) in [7, 11) is 0. The van der Waals surface area contributed by atoms with E-state index >= 15 is 0 Å². The van der Waals surface area contributed by atoms with Gasteiger partial charge in [-0.2, -0.15) is 5.10 Å². The van der Waals surface area contributed by atoms with Crippen molar-refractivity contribution in [2.75, 3.05) is 6.54 Å². The maximum Gasteiger partial charge on any atom is 0.0651 e. The van der Waals surface area contributed by atoms with Crippen LogP contribution in [0.2, 0.25) is 0 Å². The fourth-order valence-electron chi connectivity index (χ4n) is 2.78. The molecule has 0 atom stereocenters. The standard InChI is InChI=1S/C18H25N3/c1-13(2)10-19-11-16-12-20-21(18(16)15-7-8-15)17-6-4-5-14(3)9-17/h4-6,9,12-13,15,19H,7-8,10-11H2,1-3H3. The van der Waals surface area contributed by atoms with Crippen LogP contribution in [0, 0.1) is 12.8 Å². The fraction of sp³-hybridized carbons (Fsp3) is 0.500. The molecule has 21 heavy (non-hydrogen) atoms. The number of benzene rings is 1. The zero-order chi connectivity index (χ0) is 14.8. The van der Waals surface area contributed by atoms with Crippen LogP contribution in [0.5, 0.6) is 0 Å². The minimum atomic E-state index is 0.682. The minimum Gasteiger partial charge on any atom is -0.312 e. The van der Waals surface area contributed by atoms with Gasteiger partial charge < -0.3 is 5.32 Å². The third kappa shape index (κ3) is 3.35. The molecule has 2 aromatic rings. The Bertz CT molecular complexity index is 609. The molecule has 0 unspecified atom stereocenters. The Morgan fingerprint density at radius 2 is 2.14 bits per heavy atom. The predicted molar refractivity (Wildman–Crippen MR) is 86.8 cm³/mol. The Morgan fingerprint density at radius 1 is 1.33 bits per heavy atom. The first-order valence-corrected chi connectivity index (χ1v) is 7.99. The van der Waals surface area contributed by atoms with E-state index in [1.165, 1.54) is 35.3 Å². The van der Waals surface area contributed by atoms with Gasteiger partial charge in [0.1, 0.15) is 0 Å². The van der Waals surface area contributed by atoms with Gasteiger partial charge in [-0.05, 0) is 49.9 Å². The average Bonchev–Trinajstić information content (AvgIpc) is 3.19. The van der Waals surface area contributed by atoms with E-state index in [0.717, 1.165) is 13.1 Å². The molecule has 1 N–H and O–H groups in total. The van der Waals surface area contributed by atoms with Gasteiger partial charge in [0.05, 0.1) is 17.6 Å². The summed E-state index contributed by atoms with van der Waals surface area (Å²) in [4.78, 5) is 0. The second-order valence-corrected chi connectivity index (χ2v) is 6.60. The second-order valence-electron chi connectivity index (χ2n) is 6.60. The van der Waals surface area contributed by atoms with Crippen molar-refractivity contribution in [2.24, 2.45) is 5.92 Å². The van der Waals surface area contributed by atoms with Gasteiger partial charge in [0, 0.05) is 18.0 Å². The van der Waals surface area contributed by atoms with E-state index < -0.39 is 0 Å². The van der Waals surface area contributed by atoms with Crippen molar-refractivity contribution < 1.29 is 0 Å². The van der Waals surface area contributed by atoms with Crippen molar-refractivity contribution in [3.05, 3.63) is 47.3 Å². The zero-order valence-electron chi connectivity index (χ0n) is 13.3. The highest BCUT2D eigenvalue weighted by Crippen LogP contribution is 2.42. The molecule has 3 nitrogen and oxygen atoms in total. The largest absolute Gasteiger partial charge is 0.312 e. The summed E-state index contributed by atoms with van der Waals surface area (Å²) in [5.41, 5.74) is 5.24. The van der Waals surface area contributed by atoms with Crippen LogP contribution < -0.4 is 5.32 Å². The highest BCUT2D eigenvalue weighted by molar-refractivity contribution is 5.40. The molecule has 0 radical (unpaired) electrons. The van der Waals surface area contributed by atoms with Crippen LogP contribution >= 0.6 is 0 Å². The lowest BCUT2D eigenvalue weighted by Gasteiger charge is -2.11. The lowest BCUT2D eigenvalue weighted by Crippen LogP contribution is -2.19. The maximum absolute atomic E-state index is 4.66. The third-order valence-corrected chi connectivity index (χ3v) is 3.96. The van der Waals surface area contributed by atoms with Crippen molar-refractivity contribution in [3.63, 3.8) is 0 Å². The SMILES string of the molecule is Cc1cccc(-n2ncc(CNCC(C)C)c2C2CC2)c1. The van der Waals surface area contributed by atoms with Crippen molar-refractivity contribution in [1.29, 1.82) is 0 Å².